The second-order valence-corrected chi connectivity index (χ2v) is 7.30. The molecule has 0 aliphatic carbocycles. The summed E-state index contributed by atoms with van der Waals surface area (Å²) in [6.45, 7) is 5.86. The van der Waals surface area contributed by atoms with Crippen molar-refractivity contribution in [3.05, 3.63) is 46.1 Å². The molecule has 0 aliphatic heterocycles. The van der Waals surface area contributed by atoms with Crippen LogP contribution in [0.4, 0.5) is 4.39 Å². The van der Waals surface area contributed by atoms with E-state index < -0.39 is 11.4 Å². The summed E-state index contributed by atoms with van der Waals surface area (Å²) in [7, 11) is 1.58. The van der Waals surface area contributed by atoms with Gasteiger partial charge in [-0.25, -0.2) is 9.37 Å². The number of nitrogens with zero attached hydrogens (tertiary/aromatic N) is 6. The van der Waals surface area contributed by atoms with Crippen molar-refractivity contribution in [1.29, 1.82) is 5.26 Å². The van der Waals surface area contributed by atoms with Gasteiger partial charge in [-0.2, -0.15) is 10.2 Å². The van der Waals surface area contributed by atoms with E-state index in [2.05, 4.69) is 15.1 Å². The summed E-state index contributed by atoms with van der Waals surface area (Å²) in [6, 6.07) is 4.26. The monoisotopic (exact) mass is 410 g/mol. The first-order chi connectivity index (χ1) is 14.4. The minimum atomic E-state index is -0.687. The van der Waals surface area contributed by atoms with E-state index in [1.807, 2.05) is 13.0 Å². The van der Waals surface area contributed by atoms with Crippen LogP contribution in [0.3, 0.4) is 0 Å². The number of aromatic nitrogens is 5. The minimum Gasteiger partial charge on any atom is -0.384 e. The Morgan fingerprint density at radius 3 is 2.73 bits per heavy atom. The Morgan fingerprint density at radius 2 is 2.07 bits per heavy atom. The fourth-order valence-electron chi connectivity index (χ4n) is 3.56. The van der Waals surface area contributed by atoms with Gasteiger partial charge in [-0.05, 0) is 26.0 Å². The average molecular weight is 410 g/mol. The Balaban J connectivity index is 2.05. The van der Waals surface area contributed by atoms with Crippen molar-refractivity contribution in [1.82, 2.24) is 24.1 Å². The van der Waals surface area contributed by atoms with Gasteiger partial charge in [0.2, 0.25) is 11.7 Å². The third kappa shape index (κ3) is 2.86. The van der Waals surface area contributed by atoms with Crippen LogP contribution in [0, 0.1) is 17.1 Å². The molecule has 10 heteroatoms. The zero-order chi connectivity index (χ0) is 21.6. The molecule has 0 radical (unpaired) electrons. The van der Waals surface area contributed by atoms with Crippen LogP contribution in [-0.4, -0.2) is 37.8 Å². The maximum absolute atomic E-state index is 14.3. The maximum atomic E-state index is 14.3. The largest absolute Gasteiger partial charge is 0.384 e. The summed E-state index contributed by atoms with van der Waals surface area (Å²) < 4.78 is 27.7. The number of ether oxygens (including phenoxy) is 1. The summed E-state index contributed by atoms with van der Waals surface area (Å²) in [5.74, 6) is -0.274. The van der Waals surface area contributed by atoms with Gasteiger partial charge in [0.15, 0.2) is 0 Å². The van der Waals surface area contributed by atoms with Gasteiger partial charge in [0, 0.05) is 13.2 Å². The van der Waals surface area contributed by atoms with Crippen molar-refractivity contribution in [3.63, 3.8) is 0 Å². The molecule has 0 N–H and O–H groups in total. The lowest BCUT2D eigenvalue weighted by atomic mass is 10.1. The molecule has 1 atom stereocenters. The molecule has 1 unspecified atom stereocenters. The minimum absolute atomic E-state index is 0.126. The third-order valence-electron chi connectivity index (χ3n) is 4.92. The van der Waals surface area contributed by atoms with Crippen molar-refractivity contribution in [2.75, 3.05) is 13.7 Å². The second kappa shape index (κ2) is 7.35. The van der Waals surface area contributed by atoms with Crippen LogP contribution in [0.5, 0.6) is 0 Å². The van der Waals surface area contributed by atoms with E-state index in [1.54, 1.807) is 21.0 Å². The third-order valence-corrected chi connectivity index (χ3v) is 4.92. The van der Waals surface area contributed by atoms with Crippen LogP contribution in [0.15, 0.2) is 27.8 Å². The molecule has 3 heterocycles. The number of halogens is 1. The second-order valence-electron chi connectivity index (χ2n) is 7.30. The lowest BCUT2D eigenvalue weighted by molar-refractivity contribution is 0.170. The molecule has 4 aromatic rings. The van der Waals surface area contributed by atoms with E-state index in [1.165, 1.54) is 27.4 Å². The van der Waals surface area contributed by atoms with Crippen LogP contribution in [0.2, 0.25) is 0 Å². The molecular formula is C20H19FN6O3. The first-order valence-corrected chi connectivity index (χ1v) is 9.35. The van der Waals surface area contributed by atoms with Crippen molar-refractivity contribution < 1.29 is 13.7 Å². The van der Waals surface area contributed by atoms with E-state index >= 15 is 0 Å². The smallest absolute Gasteiger partial charge is 0.278 e. The van der Waals surface area contributed by atoms with E-state index in [4.69, 9.17) is 9.26 Å². The number of hydrogen-bond acceptors (Lipinski definition) is 7. The molecule has 0 saturated carbocycles. The van der Waals surface area contributed by atoms with E-state index in [-0.39, 0.29) is 40.1 Å². The van der Waals surface area contributed by atoms with Crippen molar-refractivity contribution in [3.8, 4) is 17.6 Å². The topological polar surface area (TPSA) is 111 Å². The molecule has 0 saturated heterocycles. The quantitative estimate of drug-likeness (QED) is 0.497. The van der Waals surface area contributed by atoms with Crippen LogP contribution >= 0.6 is 0 Å². The number of nitriles is 1. The summed E-state index contributed by atoms with van der Waals surface area (Å²) >= 11 is 0. The number of benzene rings is 1. The Hall–Kier alpha value is -3.58. The average Bonchev–Trinajstić information content (AvgIpc) is 3.35. The van der Waals surface area contributed by atoms with Crippen molar-refractivity contribution in [2.24, 2.45) is 0 Å². The highest BCUT2D eigenvalue weighted by Gasteiger charge is 2.24. The number of imidazole rings is 1. The molecule has 1 aromatic carbocycles. The SMILES string of the molecule is COCC(C)c1nc(-c2ncn3c2c(=O)n(C(C)C)c2c(C#N)c(F)ccc23)no1. The Bertz CT molecular complexity index is 1360. The Kier molecular flexibility index (Phi) is 4.83. The zero-order valence-electron chi connectivity index (χ0n) is 16.9. The molecule has 4 rings (SSSR count). The Labute approximate surface area is 170 Å². The number of rotatable bonds is 5. The fourth-order valence-corrected chi connectivity index (χ4v) is 3.56. The lowest BCUT2D eigenvalue weighted by Crippen LogP contribution is -2.25. The fraction of sp³-hybridized carbons (Fsp3) is 0.350. The molecule has 3 aromatic heterocycles. The van der Waals surface area contributed by atoms with E-state index in [9.17, 15) is 14.4 Å². The molecular weight excluding hydrogens is 391 g/mol. The lowest BCUT2D eigenvalue weighted by Gasteiger charge is -2.16. The maximum Gasteiger partial charge on any atom is 0.278 e. The molecule has 0 amide bonds. The van der Waals surface area contributed by atoms with Gasteiger partial charge >= 0.3 is 0 Å². The molecule has 30 heavy (non-hydrogen) atoms. The van der Waals surface area contributed by atoms with Gasteiger partial charge in [-0.1, -0.05) is 12.1 Å². The Morgan fingerprint density at radius 1 is 1.30 bits per heavy atom. The van der Waals surface area contributed by atoms with Gasteiger partial charge in [0.05, 0.1) is 23.6 Å². The van der Waals surface area contributed by atoms with Crippen LogP contribution < -0.4 is 5.56 Å². The summed E-state index contributed by atoms with van der Waals surface area (Å²) in [5.41, 5.74) is 0.550. The van der Waals surface area contributed by atoms with Crippen LogP contribution in [-0.2, 0) is 4.74 Å². The summed E-state index contributed by atoms with van der Waals surface area (Å²) in [6.07, 6.45) is 1.44. The number of fused-ring (bicyclic) bond motifs is 3. The van der Waals surface area contributed by atoms with Gasteiger partial charge in [0.25, 0.3) is 5.56 Å². The molecule has 0 spiro atoms. The van der Waals surface area contributed by atoms with Crippen LogP contribution in [0.1, 0.15) is 44.2 Å². The summed E-state index contributed by atoms with van der Waals surface area (Å²) in [5, 5.41) is 13.5. The molecule has 0 bridgehead atoms. The molecule has 9 nitrogen and oxygen atoms in total. The van der Waals surface area contributed by atoms with Gasteiger partial charge in [-0.3, -0.25) is 9.20 Å². The van der Waals surface area contributed by atoms with Gasteiger partial charge < -0.3 is 13.8 Å². The molecule has 0 fully saturated rings. The van der Waals surface area contributed by atoms with E-state index in [0.29, 0.717) is 18.0 Å². The normalized spacial score (nSPS) is 12.7. The van der Waals surface area contributed by atoms with E-state index in [0.717, 1.165) is 0 Å². The highest BCUT2D eigenvalue weighted by atomic mass is 19.1. The first kappa shape index (κ1) is 19.7. The zero-order valence-corrected chi connectivity index (χ0v) is 16.9. The molecule has 0 aliphatic rings. The predicted octanol–water partition coefficient (Wildman–Crippen LogP) is 3.04. The highest BCUT2D eigenvalue weighted by Crippen LogP contribution is 2.27. The standard InChI is InChI=1S/C20H19FN6O3/c1-10(2)27-16-12(7-22)13(21)5-6-14(16)26-9-23-15(17(26)20(27)28)18-24-19(30-25-18)11(3)8-29-4/h5-6,9-11H,8H2,1-4H3. The van der Waals surface area contributed by atoms with Crippen molar-refractivity contribution in [2.45, 2.75) is 32.7 Å². The summed E-state index contributed by atoms with van der Waals surface area (Å²) in [4.78, 5) is 22.1. The molecule has 154 valence electrons. The number of hydrogen-bond donors (Lipinski definition) is 0. The van der Waals surface area contributed by atoms with Gasteiger partial charge in [0.1, 0.15) is 35.0 Å². The van der Waals surface area contributed by atoms with Gasteiger partial charge in [-0.15, -0.1) is 0 Å². The first-order valence-electron chi connectivity index (χ1n) is 9.35. The number of methoxy groups -OCH3 is 1. The predicted molar refractivity (Wildman–Crippen MR) is 106 cm³/mol. The van der Waals surface area contributed by atoms with Crippen molar-refractivity contribution >= 4 is 16.6 Å². The van der Waals surface area contributed by atoms with Crippen LogP contribution in [0.25, 0.3) is 28.1 Å². The highest BCUT2D eigenvalue weighted by molar-refractivity contribution is 5.87.